The molecule has 2 fully saturated rings. The van der Waals surface area contributed by atoms with Gasteiger partial charge in [0, 0.05) is 24.7 Å². The topological polar surface area (TPSA) is 15.3 Å². The molecule has 0 atom stereocenters. The third kappa shape index (κ3) is 15.7. The molecule has 0 unspecified atom stereocenters. The smallest absolute Gasteiger partial charge is 0.0214 e. The Bertz CT molecular complexity index is 269. The van der Waals surface area contributed by atoms with Crippen molar-refractivity contribution in [3.63, 3.8) is 0 Å². The third-order valence-corrected chi connectivity index (χ3v) is 3.86. The van der Waals surface area contributed by atoms with Crippen molar-refractivity contribution in [2.75, 3.05) is 38.1 Å². The van der Waals surface area contributed by atoms with E-state index in [1.807, 2.05) is 0 Å². The minimum atomic E-state index is 0.833. The number of nitrogens with one attached hydrogen (secondary N) is 1. The van der Waals surface area contributed by atoms with E-state index in [2.05, 4.69) is 38.0 Å². The average Bonchev–Trinajstić information content (AvgIpc) is 2.57. The summed E-state index contributed by atoms with van der Waals surface area (Å²) in [6.45, 7) is 6.14. The van der Waals surface area contributed by atoms with Gasteiger partial charge >= 0.3 is 0 Å². The van der Waals surface area contributed by atoms with Gasteiger partial charge in [-0.15, -0.1) is 24.7 Å². The van der Waals surface area contributed by atoms with Gasteiger partial charge in [0.15, 0.2) is 0 Å². The Morgan fingerprint density at radius 2 is 1.43 bits per heavy atom. The molecule has 2 aliphatic rings. The first-order chi connectivity index (χ1) is 10.3. The molecule has 0 aromatic rings. The molecule has 0 saturated carbocycles. The molecule has 0 amide bonds. The highest BCUT2D eigenvalue weighted by Crippen LogP contribution is 2.08. The molecule has 2 aliphatic heterocycles. The molecular weight excluding hydrogens is 324 g/mol. The van der Waals surface area contributed by atoms with Crippen LogP contribution in [0.1, 0.15) is 51.4 Å². The molecule has 0 aliphatic carbocycles. The number of likely N-dealkylation sites (tertiary alicyclic amines) is 1. The first kappa shape index (κ1) is 20.5. The lowest BCUT2D eigenvalue weighted by Gasteiger charge is -2.25. The predicted molar refractivity (Wildman–Crippen MR) is 97.7 cm³/mol. The van der Waals surface area contributed by atoms with E-state index in [9.17, 15) is 0 Å². The summed E-state index contributed by atoms with van der Waals surface area (Å²) in [6.07, 6.45) is 20.1. The summed E-state index contributed by atoms with van der Waals surface area (Å²) >= 11 is 3.17. The van der Waals surface area contributed by atoms with Crippen molar-refractivity contribution in [1.82, 2.24) is 10.2 Å². The van der Waals surface area contributed by atoms with Crippen LogP contribution in [0.25, 0.3) is 0 Å². The zero-order valence-electron chi connectivity index (χ0n) is 13.4. The van der Waals surface area contributed by atoms with E-state index >= 15 is 0 Å². The van der Waals surface area contributed by atoms with Crippen LogP contribution in [0.15, 0.2) is 0 Å². The van der Waals surface area contributed by atoms with Crippen LogP contribution in [0.5, 0.6) is 0 Å². The Hall–Kier alpha value is -0.480. The minimum Gasteiger partial charge on any atom is -0.317 e. The van der Waals surface area contributed by atoms with Crippen LogP contribution >= 0.6 is 15.9 Å². The Kier molecular flexibility index (Phi) is 17.2. The van der Waals surface area contributed by atoms with Gasteiger partial charge in [-0.1, -0.05) is 28.8 Å². The van der Waals surface area contributed by atoms with E-state index in [0.717, 1.165) is 24.7 Å². The van der Waals surface area contributed by atoms with Gasteiger partial charge in [-0.3, -0.25) is 0 Å². The molecule has 2 heterocycles. The Balaban J connectivity index is 0.000000312. The van der Waals surface area contributed by atoms with Crippen molar-refractivity contribution in [3.8, 4) is 24.7 Å². The summed E-state index contributed by atoms with van der Waals surface area (Å²) in [4.78, 5) is 2.46. The second-order valence-electron chi connectivity index (χ2n) is 5.31. The zero-order valence-corrected chi connectivity index (χ0v) is 15.0. The van der Waals surface area contributed by atoms with E-state index in [1.54, 1.807) is 0 Å². The highest BCUT2D eigenvalue weighted by atomic mass is 79.9. The van der Waals surface area contributed by atoms with E-state index < -0.39 is 0 Å². The molecule has 21 heavy (non-hydrogen) atoms. The van der Waals surface area contributed by atoms with E-state index in [1.165, 1.54) is 64.7 Å². The van der Waals surface area contributed by atoms with Crippen molar-refractivity contribution in [2.24, 2.45) is 0 Å². The predicted octanol–water partition coefficient (Wildman–Crippen LogP) is 3.66. The van der Waals surface area contributed by atoms with Crippen LogP contribution < -0.4 is 5.32 Å². The van der Waals surface area contributed by atoms with Crippen LogP contribution in [-0.4, -0.2) is 43.0 Å². The lowest BCUT2D eigenvalue weighted by atomic mass is 10.1. The van der Waals surface area contributed by atoms with E-state index in [4.69, 9.17) is 12.8 Å². The normalized spacial score (nSPS) is 18.0. The highest BCUT2D eigenvalue weighted by molar-refractivity contribution is 9.09. The van der Waals surface area contributed by atoms with E-state index in [-0.39, 0.29) is 0 Å². The largest absolute Gasteiger partial charge is 0.317 e. The number of terminal acetylenes is 2. The van der Waals surface area contributed by atoms with Gasteiger partial charge in [-0.05, 0) is 51.9 Å². The summed E-state index contributed by atoms with van der Waals surface area (Å²) in [5.41, 5.74) is 0. The summed E-state index contributed by atoms with van der Waals surface area (Å²) in [5, 5.41) is 4.20. The first-order valence-electron chi connectivity index (χ1n) is 8.21. The molecule has 1 N–H and O–H groups in total. The van der Waals surface area contributed by atoms with Crippen LogP contribution in [0, 0.1) is 24.7 Å². The fourth-order valence-electron chi connectivity index (χ4n) is 2.26. The highest BCUT2D eigenvalue weighted by Gasteiger charge is 2.07. The first-order valence-corrected chi connectivity index (χ1v) is 9.33. The molecule has 2 saturated heterocycles. The molecular formula is C18H31BrN2. The van der Waals surface area contributed by atoms with Crippen LogP contribution in [0.2, 0.25) is 0 Å². The van der Waals surface area contributed by atoms with Gasteiger partial charge < -0.3 is 10.2 Å². The lowest BCUT2D eigenvalue weighted by molar-refractivity contribution is 0.234. The number of rotatable bonds is 3. The number of hydrogen-bond donors (Lipinski definition) is 1. The molecule has 0 radical (unpaired) electrons. The van der Waals surface area contributed by atoms with Crippen LogP contribution in [0.3, 0.4) is 0 Å². The summed E-state index contributed by atoms with van der Waals surface area (Å²) in [5.74, 6) is 5.14. The molecule has 3 heteroatoms. The number of halogens is 1. The summed E-state index contributed by atoms with van der Waals surface area (Å²) in [6, 6.07) is 0. The number of hydrogen-bond acceptors (Lipinski definition) is 2. The molecule has 2 rings (SSSR count). The van der Waals surface area contributed by atoms with Crippen molar-refractivity contribution in [2.45, 2.75) is 51.4 Å². The molecule has 0 bridgehead atoms. The van der Waals surface area contributed by atoms with Crippen molar-refractivity contribution in [3.05, 3.63) is 0 Å². The van der Waals surface area contributed by atoms with Crippen molar-refractivity contribution >= 4 is 15.9 Å². The van der Waals surface area contributed by atoms with Gasteiger partial charge in [-0.2, -0.15) is 0 Å². The third-order valence-electron chi connectivity index (χ3n) is 3.47. The van der Waals surface area contributed by atoms with Gasteiger partial charge in [-0.25, -0.2) is 0 Å². The second-order valence-corrected chi connectivity index (χ2v) is 6.10. The van der Waals surface area contributed by atoms with Gasteiger partial charge in [0.25, 0.3) is 0 Å². The average molecular weight is 355 g/mol. The standard InChI is InChI=1S/C9H15N.C5H11N.C4H5Br/c1-2-3-7-10-8-5-4-6-9-10;1-2-4-6-5-3-1;1-2-3-4-5/h1H,3-9H2;6H,1-5H2;1H,3-4H2. The van der Waals surface area contributed by atoms with Gasteiger partial charge in [0.2, 0.25) is 0 Å². The lowest BCUT2D eigenvalue weighted by Crippen LogP contribution is -2.30. The number of alkyl halides is 1. The molecule has 0 aromatic heterocycles. The van der Waals surface area contributed by atoms with Crippen LogP contribution in [-0.2, 0) is 0 Å². The van der Waals surface area contributed by atoms with Gasteiger partial charge in [0.05, 0.1) is 0 Å². The Morgan fingerprint density at radius 3 is 1.76 bits per heavy atom. The maximum atomic E-state index is 5.17. The minimum absolute atomic E-state index is 0.833. The molecule has 2 nitrogen and oxygen atoms in total. The molecule has 0 aromatic carbocycles. The van der Waals surface area contributed by atoms with E-state index in [0.29, 0.717) is 0 Å². The number of piperidine rings is 2. The van der Waals surface area contributed by atoms with Gasteiger partial charge in [0.1, 0.15) is 0 Å². The maximum Gasteiger partial charge on any atom is 0.0214 e. The molecule has 0 spiro atoms. The Morgan fingerprint density at radius 1 is 0.857 bits per heavy atom. The molecule has 120 valence electrons. The summed E-state index contributed by atoms with van der Waals surface area (Å²) < 4.78 is 0. The zero-order chi connectivity index (χ0) is 15.6. The quantitative estimate of drug-likeness (QED) is 0.614. The SMILES string of the molecule is C#CCCBr.C#CCCN1CCCCC1.C1CCNCC1. The summed E-state index contributed by atoms with van der Waals surface area (Å²) in [7, 11) is 0. The fourth-order valence-corrected chi connectivity index (χ4v) is 2.49. The number of nitrogens with zero attached hydrogens (tertiary/aromatic N) is 1. The Labute approximate surface area is 140 Å². The monoisotopic (exact) mass is 354 g/mol. The second kappa shape index (κ2) is 17.6. The van der Waals surface area contributed by atoms with Crippen molar-refractivity contribution in [1.29, 1.82) is 0 Å². The fraction of sp³-hybridized carbons (Fsp3) is 0.778. The maximum absolute atomic E-state index is 5.17. The van der Waals surface area contributed by atoms with Crippen molar-refractivity contribution < 1.29 is 0 Å². The van der Waals surface area contributed by atoms with Crippen LogP contribution in [0.4, 0.5) is 0 Å².